The van der Waals surface area contributed by atoms with E-state index in [1.54, 1.807) is 0 Å². The van der Waals surface area contributed by atoms with Gasteiger partial charge in [-0.05, 0) is 32.1 Å². The monoisotopic (exact) mass is 141 g/mol. The maximum atomic E-state index is 9.51. The average molecular weight is 141 g/mol. The molecule has 2 heterocycles. The Labute approximate surface area is 61.8 Å². The number of hydrogen-bond donors (Lipinski definition) is 1. The molecule has 2 unspecified atom stereocenters. The summed E-state index contributed by atoms with van der Waals surface area (Å²) in [7, 11) is 0. The number of aliphatic hydroxyl groups excluding tert-OH is 1. The predicted octanol–water partition coefficient (Wildman–Crippen LogP) is 0.953. The highest BCUT2D eigenvalue weighted by atomic mass is 16.3. The van der Waals surface area contributed by atoms with Crippen molar-refractivity contribution in [1.82, 2.24) is 4.90 Å². The number of aliphatic hydroxyl groups is 1. The maximum absolute atomic E-state index is 9.51. The van der Waals surface area contributed by atoms with Crippen molar-refractivity contribution < 1.29 is 5.11 Å². The van der Waals surface area contributed by atoms with Gasteiger partial charge in [-0.1, -0.05) is 0 Å². The van der Waals surface area contributed by atoms with E-state index in [2.05, 4.69) is 4.90 Å². The van der Waals surface area contributed by atoms with E-state index in [1.165, 1.54) is 25.7 Å². The Kier molecular flexibility index (Phi) is 1.66. The first kappa shape index (κ1) is 6.62. The molecular formula is C8H15NO. The lowest BCUT2D eigenvalue weighted by molar-refractivity contribution is -0.0357. The Morgan fingerprint density at radius 2 is 1.90 bits per heavy atom. The molecule has 0 aliphatic carbocycles. The van der Waals surface area contributed by atoms with Gasteiger partial charge in [0.2, 0.25) is 0 Å². The molecule has 58 valence electrons. The Balaban J connectivity index is 2.03. The van der Waals surface area contributed by atoms with Crippen molar-refractivity contribution >= 4 is 0 Å². The Morgan fingerprint density at radius 1 is 1.10 bits per heavy atom. The quantitative estimate of drug-likeness (QED) is 0.543. The molecule has 2 heteroatoms. The van der Waals surface area contributed by atoms with Gasteiger partial charge in [-0.2, -0.15) is 0 Å². The summed E-state index contributed by atoms with van der Waals surface area (Å²) in [5.41, 5.74) is 0. The molecule has 2 atom stereocenters. The molecule has 0 radical (unpaired) electrons. The fourth-order valence-electron chi connectivity index (χ4n) is 2.26. The molecule has 0 aromatic carbocycles. The molecular weight excluding hydrogens is 126 g/mol. The molecule has 0 aromatic rings. The van der Waals surface area contributed by atoms with Crippen molar-refractivity contribution in [3.63, 3.8) is 0 Å². The van der Waals surface area contributed by atoms with Gasteiger partial charge >= 0.3 is 0 Å². The first-order valence-electron chi connectivity index (χ1n) is 4.32. The van der Waals surface area contributed by atoms with Crippen molar-refractivity contribution in [2.45, 2.75) is 44.4 Å². The second kappa shape index (κ2) is 2.51. The molecule has 2 saturated heterocycles. The molecule has 2 aliphatic rings. The lowest BCUT2D eigenvalue weighted by Gasteiger charge is -2.34. The van der Waals surface area contributed by atoms with Gasteiger partial charge in [-0.25, -0.2) is 0 Å². The van der Waals surface area contributed by atoms with Gasteiger partial charge in [0.25, 0.3) is 0 Å². The fourth-order valence-corrected chi connectivity index (χ4v) is 2.26. The molecule has 1 N–H and O–H groups in total. The van der Waals surface area contributed by atoms with Crippen LogP contribution in [0.1, 0.15) is 32.1 Å². The third-order valence-electron chi connectivity index (χ3n) is 2.81. The summed E-state index contributed by atoms with van der Waals surface area (Å²) >= 11 is 0. The summed E-state index contributed by atoms with van der Waals surface area (Å²) < 4.78 is 0. The summed E-state index contributed by atoms with van der Waals surface area (Å²) in [4.78, 5) is 2.27. The minimum atomic E-state index is -0.110. The summed E-state index contributed by atoms with van der Waals surface area (Å²) in [6.45, 7) is 1.13. The summed E-state index contributed by atoms with van der Waals surface area (Å²) in [5.74, 6) is 0. The van der Waals surface area contributed by atoms with Crippen molar-refractivity contribution in [3.05, 3.63) is 0 Å². The number of rotatable bonds is 0. The van der Waals surface area contributed by atoms with Gasteiger partial charge in [0.15, 0.2) is 0 Å². The number of hydrogen-bond acceptors (Lipinski definition) is 2. The number of nitrogens with zero attached hydrogens (tertiary/aromatic N) is 1. The van der Waals surface area contributed by atoms with Crippen LogP contribution in [0.25, 0.3) is 0 Å². The van der Waals surface area contributed by atoms with E-state index < -0.39 is 0 Å². The van der Waals surface area contributed by atoms with Crippen LogP contribution in [-0.2, 0) is 0 Å². The maximum Gasteiger partial charge on any atom is 0.107 e. The Bertz CT molecular complexity index is 126. The van der Waals surface area contributed by atoms with Gasteiger partial charge in [-0.15, -0.1) is 0 Å². The van der Waals surface area contributed by atoms with Crippen LogP contribution >= 0.6 is 0 Å². The van der Waals surface area contributed by atoms with E-state index >= 15 is 0 Å². The lowest BCUT2D eigenvalue weighted by Crippen LogP contribution is -2.42. The first-order valence-corrected chi connectivity index (χ1v) is 4.32. The van der Waals surface area contributed by atoms with Gasteiger partial charge in [0, 0.05) is 12.6 Å². The molecule has 0 bridgehead atoms. The predicted molar refractivity (Wildman–Crippen MR) is 39.6 cm³/mol. The topological polar surface area (TPSA) is 23.5 Å². The smallest absolute Gasteiger partial charge is 0.107 e. The van der Waals surface area contributed by atoms with Crippen LogP contribution in [0.5, 0.6) is 0 Å². The highest BCUT2D eigenvalue weighted by molar-refractivity contribution is 4.84. The molecule has 2 fully saturated rings. The standard InChI is InChI=1S/C8H15NO/c10-8-5-1-3-7-4-2-6-9(7)8/h7-8,10H,1-6H2. The summed E-state index contributed by atoms with van der Waals surface area (Å²) in [5, 5.41) is 9.51. The van der Waals surface area contributed by atoms with Crippen molar-refractivity contribution in [2.75, 3.05) is 6.54 Å². The van der Waals surface area contributed by atoms with E-state index in [1.807, 2.05) is 0 Å². The highest BCUT2D eigenvalue weighted by Gasteiger charge is 2.32. The van der Waals surface area contributed by atoms with Gasteiger partial charge in [0.1, 0.15) is 6.23 Å². The zero-order valence-corrected chi connectivity index (χ0v) is 6.29. The van der Waals surface area contributed by atoms with E-state index in [0.717, 1.165) is 19.0 Å². The van der Waals surface area contributed by atoms with Crippen LogP contribution in [-0.4, -0.2) is 28.8 Å². The SMILES string of the molecule is OC1CCCC2CCCN12. The largest absolute Gasteiger partial charge is 0.378 e. The molecule has 2 aliphatic heterocycles. The second-order valence-electron chi connectivity index (χ2n) is 3.45. The van der Waals surface area contributed by atoms with Crippen LogP contribution in [0.3, 0.4) is 0 Å². The fraction of sp³-hybridized carbons (Fsp3) is 1.00. The first-order chi connectivity index (χ1) is 4.88. The van der Waals surface area contributed by atoms with E-state index in [4.69, 9.17) is 0 Å². The van der Waals surface area contributed by atoms with E-state index in [9.17, 15) is 5.11 Å². The minimum absolute atomic E-state index is 0.110. The average Bonchev–Trinajstić information content (AvgIpc) is 2.36. The normalized spacial score (nSPS) is 41.7. The van der Waals surface area contributed by atoms with Crippen LogP contribution < -0.4 is 0 Å². The molecule has 0 aromatic heterocycles. The summed E-state index contributed by atoms with van der Waals surface area (Å²) in [6.07, 6.45) is 6.04. The number of piperidine rings is 1. The van der Waals surface area contributed by atoms with Crippen LogP contribution in [0, 0.1) is 0 Å². The molecule has 0 spiro atoms. The van der Waals surface area contributed by atoms with Gasteiger partial charge in [-0.3, -0.25) is 4.90 Å². The zero-order chi connectivity index (χ0) is 6.97. The summed E-state index contributed by atoms with van der Waals surface area (Å²) in [6, 6.07) is 0.726. The van der Waals surface area contributed by atoms with Crippen LogP contribution in [0.2, 0.25) is 0 Å². The third-order valence-corrected chi connectivity index (χ3v) is 2.81. The van der Waals surface area contributed by atoms with E-state index in [-0.39, 0.29) is 6.23 Å². The van der Waals surface area contributed by atoms with Gasteiger partial charge in [0.05, 0.1) is 0 Å². The molecule has 2 rings (SSSR count). The second-order valence-corrected chi connectivity index (χ2v) is 3.45. The minimum Gasteiger partial charge on any atom is -0.378 e. The molecule has 0 amide bonds. The third kappa shape index (κ3) is 0.956. The van der Waals surface area contributed by atoms with Gasteiger partial charge < -0.3 is 5.11 Å². The zero-order valence-electron chi connectivity index (χ0n) is 6.29. The van der Waals surface area contributed by atoms with E-state index in [0.29, 0.717) is 0 Å². The number of fused-ring (bicyclic) bond motifs is 1. The molecule has 2 nitrogen and oxygen atoms in total. The van der Waals surface area contributed by atoms with Crippen LogP contribution in [0.15, 0.2) is 0 Å². The van der Waals surface area contributed by atoms with Crippen molar-refractivity contribution in [2.24, 2.45) is 0 Å². The van der Waals surface area contributed by atoms with Crippen LogP contribution in [0.4, 0.5) is 0 Å². The Morgan fingerprint density at radius 3 is 2.70 bits per heavy atom. The lowest BCUT2D eigenvalue weighted by atomic mass is 10.0. The molecule has 0 saturated carbocycles. The van der Waals surface area contributed by atoms with Crippen molar-refractivity contribution in [3.8, 4) is 0 Å². The highest BCUT2D eigenvalue weighted by Crippen LogP contribution is 2.29. The molecule has 10 heavy (non-hydrogen) atoms. The van der Waals surface area contributed by atoms with Crippen molar-refractivity contribution in [1.29, 1.82) is 0 Å². The Hall–Kier alpha value is -0.0800.